The van der Waals surface area contributed by atoms with E-state index >= 15 is 0 Å². The highest BCUT2D eigenvalue weighted by Gasteiger charge is 2.37. The van der Waals surface area contributed by atoms with Gasteiger partial charge < -0.3 is 10.2 Å². The number of sulfonamides is 1. The van der Waals surface area contributed by atoms with Gasteiger partial charge in [0.25, 0.3) is 0 Å². The summed E-state index contributed by atoms with van der Waals surface area (Å²) in [5, 5.41) is 17.9. The fourth-order valence-electron chi connectivity index (χ4n) is 1.87. The van der Waals surface area contributed by atoms with Crippen molar-refractivity contribution in [2.24, 2.45) is 0 Å². The second-order valence-electron chi connectivity index (χ2n) is 5.30. The van der Waals surface area contributed by atoms with Crippen LogP contribution in [-0.4, -0.2) is 36.1 Å². The second-order valence-corrected chi connectivity index (χ2v) is 6.99. The number of rotatable bonds is 8. The zero-order valence-electron chi connectivity index (χ0n) is 12.4. The van der Waals surface area contributed by atoms with Crippen molar-refractivity contribution in [2.75, 3.05) is 0 Å². The molecule has 0 fully saturated rings. The molecule has 1 aromatic carbocycles. The summed E-state index contributed by atoms with van der Waals surface area (Å²) >= 11 is 0. The molecule has 0 aliphatic rings. The van der Waals surface area contributed by atoms with E-state index in [1.54, 1.807) is 19.1 Å². The average molecular weight is 329 g/mol. The average Bonchev–Trinajstić information content (AvgIpc) is 2.37. The van der Waals surface area contributed by atoms with E-state index in [1.165, 1.54) is 19.1 Å². The first-order valence-corrected chi connectivity index (χ1v) is 8.11. The number of carbonyl (C=O) groups is 2. The molecular weight excluding hydrogens is 310 g/mol. The van der Waals surface area contributed by atoms with Crippen LogP contribution in [0.3, 0.4) is 0 Å². The summed E-state index contributed by atoms with van der Waals surface area (Å²) in [7, 11) is -4.01. The third-order valence-electron chi connectivity index (χ3n) is 3.23. The molecule has 0 aliphatic carbocycles. The molecule has 0 spiro atoms. The van der Waals surface area contributed by atoms with Crippen molar-refractivity contribution in [3.63, 3.8) is 0 Å². The molecule has 22 heavy (non-hydrogen) atoms. The van der Waals surface area contributed by atoms with Gasteiger partial charge in [0.15, 0.2) is 0 Å². The van der Waals surface area contributed by atoms with Crippen LogP contribution in [0.5, 0.6) is 0 Å². The highest BCUT2D eigenvalue weighted by atomic mass is 32.2. The molecular formula is C14H19NO6S. The lowest BCUT2D eigenvalue weighted by Gasteiger charge is -2.25. The lowest BCUT2D eigenvalue weighted by molar-refractivity contribution is -0.144. The van der Waals surface area contributed by atoms with Gasteiger partial charge in [-0.05, 0) is 38.8 Å². The van der Waals surface area contributed by atoms with Gasteiger partial charge in [0.1, 0.15) is 5.54 Å². The van der Waals surface area contributed by atoms with Crippen molar-refractivity contribution in [1.82, 2.24) is 4.72 Å². The monoisotopic (exact) mass is 329 g/mol. The number of nitrogens with one attached hydrogen (secondary N) is 1. The Hall–Kier alpha value is -1.93. The summed E-state index contributed by atoms with van der Waals surface area (Å²) in [4.78, 5) is 21.9. The number of hydrogen-bond donors (Lipinski definition) is 3. The van der Waals surface area contributed by atoms with E-state index in [0.29, 0.717) is 0 Å². The van der Waals surface area contributed by atoms with E-state index in [0.717, 1.165) is 5.56 Å². The lowest BCUT2D eigenvalue weighted by Crippen LogP contribution is -2.52. The first kappa shape index (κ1) is 18.1. The van der Waals surface area contributed by atoms with E-state index in [1.807, 2.05) is 0 Å². The van der Waals surface area contributed by atoms with E-state index in [2.05, 4.69) is 4.72 Å². The molecule has 0 radical (unpaired) electrons. The molecule has 0 bridgehead atoms. The third kappa shape index (κ3) is 4.81. The molecule has 0 saturated carbocycles. The third-order valence-corrected chi connectivity index (χ3v) is 4.84. The van der Waals surface area contributed by atoms with Crippen LogP contribution >= 0.6 is 0 Å². The normalized spacial score (nSPS) is 14.3. The predicted octanol–water partition coefficient (Wildman–Crippen LogP) is 1.37. The van der Waals surface area contributed by atoms with Gasteiger partial charge in [-0.2, -0.15) is 4.72 Å². The fourth-order valence-corrected chi connectivity index (χ4v) is 3.26. The van der Waals surface area contributed by atoms with Gasteiger partial charge in [0.2, 0.25) is 10.0 Å². The van der Waals surface area contributed by atoms with E-state index in [-0.39, 0.29) is 24.2 Å². The van der Waals surface area contributed by atoms with E-state index in [9.17, 15) is 23.1 Å². The Morgan fingerprint density at radius 1 is 1.18 bits per heavy atom. The minimum Gasteiger partial charge on any atom is -0.481 e. The van der Waals surface area contributed by atoms with E-state index in [4.69, 9.17) is 5.11 Å². The summed E-state index contributed by atoms with van der Waals surface area (Å²) in [5.74, 6) is -2.41. The zero-order valence-corrected chi connectivity index (χ0v) is 13.2. The molecule has 122 valence electrons. The smallest absolute Gasteiger partial charge is 0.324 e. The minimum atomic E-state index is -4.01. The number of carboxylic acid groups (broad SMARTS) is 2. The van der Waals surface area contributed by atoms with Crippen LogP contribution in [0.4, 0.5) is 0 Å². The Kier molecular flexibility index (Phi) is 5.67. The van der Waals surface area contributed by atoms with Crippen LogP contribution in [0.25, 0.3) is 0 Å². The molecule has 0 unspecified atom stereocenters. The number of aliphatic carboxylic acids is 2. The SMILES string of the molecule is Cc1ccc(S(=O)(=O)N[C@@](C)(CCCC(=O)O)C(=O)O)cc1. The minimum absolute atomic E-state index is 0.0381. The Balaban J connectivity index is 2.95. The van der Waals surface area contributed by atoms with Gasteiger partial charge in [-0.1, -0.05) is 17.7 Å². The second kappa shape index (κ2) is 6.89. The van der Waals surface area contributed by atoms with Gasteiger partial charge in [0.05, 0.1) is 4.90 Å². The van der Waals surface area contributed by atoms with Crippen molar-refractivity contribution in [3.05, 3.63) is 29.8 Å². The van der Waals surface area contributed by atoms with E-state index < -0.39 is 27.5 Å². The molecule has 1 atom stereocenters. The van der Waals surface area contributed by atoms with Crippen molar-refractivity contribution in [2.45, 2.75) is 43.5 Å². The molecule has 1 aromatic rings. The number of hydrogen-bond acceptors (Lipinski definition) is 4. The van der Waals surface area contributed by atoms with Crippen LogP contribution in [0.1, 0.15) is 31.7 Å². The quantitative estimate of drug-likeness (QED) is 0.662. The van der Waals surface area contributed by atoms with Crippen LogP contribution in [0.15, 0.2) is 29.2 Å². The molecule has 7 nitrogen and oxygen atoms in total. The highest BCUT2D eigenvalue weighted by molar-refractivity contribution is 7.89. The maximum absolute atomic E-state index is 12.3. The highest BCUT2D eigenvalue weighted by Crippen LogP contribution is 2.19. The lowest BCUT2D eigenvalue weighted by atomic mass is 9.96. The summed E-state index contributed by atoms with van der Waals surface area (Å²) in [6.07, 6.45) is -0.302. The largest absolute Gasteiger partial charge is 0.481 e. The Morgan fingerprint density at radius 2 is 1.73 bits per heavy atom. The Labute approximate surface area is 129 Å². The molecule has 0 heterocycles. The number of carboxylic acids is 2. The van der Waals surface area contributed by atoms with Crippen molar-refractivity contribution >= 4 is 22.0 Å². The molecule has 1 rings (SSSR count). The Morgan fingerprint density at radius 3 is 2.18 bits per heavy atom. The van der Waals surface area contributed by atoms with Crippen LogP contribution in [0.2, 0.25) is 0 Å². The molecule has 0 aliphatic heterocycles. The van der Waals surface area contributed by atoms with Gasteiger partial charge in [-0.25, -0.2) is 8.42 Å². The molecule has 0 aromatic heterocycles. The van der Waals surface area contributed by atoms with Crippen LogP contribution in [0, 0.1) is 6.92 Å². The standard InChI is InChI=1S/C14H19NO6S/c1-10-5-7-11(8-6-10)22(20,21)15-14(2,13(18)19)9-3-4-12(16)17/h5-8,15H,3-4,9H2,1-2H3,(H,16,17)(H,18,19)/t14-/m0/s1. The maximum Gasteiger partial charge on any atom is 0.324 e. The summed E-state index contributed by atoms with van der Waals surface area (Å²) in [6, 6.07) is 5.99. The maximum atomic E-state index is 12.3. The molecule has 0 saturated heterocycles. The molecule has 8 heteroatoms. The fraction of sp³-hybridized carbons (Fsp3) is 0.429. The van der Waals surface area contributed by atoms with Crippen molar-refractivity contribution in [3.8, 4) is 0 Å². The van der Waals surface area contributed by atoms with Crippen molar-refractivity contribution < 1.29 is 28.2 Å². The van der Waals surface area contributed by atoms with Gasteiger partial charge >= 0.3 is 11.9 Å². The summed E-state index contributed by atoms with van der Waals surface area (Å²) in [5.41, 5.74) is -0.888. The Bertz CT molecular complexity index is 652. The number of benzene rings is 1. The van der Waals surface area contributed by atoms with Crippen molar-refractivity contribution in [1.29, 1.82) is 0 Å². The zero-order chi connectivity index (χ0) is 17.0. The first-order chi connectivity index (χ1) is 10.1. The summed E-state index contributed by atoms with van der Waals surface area (Å²) in [6.45, 7) is 3.03. The topological polar surface area (TPSA) is 121 Å². The number of aryl methyl sites for hydroxylation is 1. The predicted molar refractivity (Wildman–Crippen MR) is 79.0 cm³/mol. The first-order valence-electron chi connectivity index (χ1n) is 6.63. The van der Waals surface area contributed by atoms with Gasteiger partial charge in [-0.3, -0.25) is 9.59 Å². The van der Waals surface area contributed by atoms with Crippen LogP contribution < -0.4 is 4.72 Å². The van der Waals surface area contributed by atoms with Crippen LogP contribution in [-0.2, 0) is 19.6 Å². The molecule has 3 N–H and O–H groups in total. The van der Waals surface area contributed by atoms with Gasteiger partial charge in [-0.15, -0.1) is 0 Å². The molecule has 0 amide bonds. The van der Waals surface area contributed by atoms with Gasteiger partial charge in [0, 0.05) is 6.42 Å². The summed E-state index contributed by atoms with van der Waals surface area (Å²) < 4.78 is 26.7.